The zero-order chi connectivity index (χ0) is 24.1. The Balaban J connectivity index is 1.37. The number of fused-ring (bicyclic) bond motifs is 1. The van der Waals surface area contributed by atoms with Crippen molar-refractivity contribution in [3.63, 3.8) is 0 Å². The molecule has 1 saturated carbocycles. The topological polar surface area (TPSA) is 114 Å². The van der Waals surface area contributed by atoms with E-state index in [1.165, 1.54) is 19.3 Å². The van der Waals surface area contributed by atoms with Crippen LogP contribution in [0.3, 0.4) is 0 Å². The number of amides is 1. The first-order chi connectivity index (χ1) is 16.2. The summed E-state index contributed by atoms with van der Waals surface area (Å²) >= 11 is 0. The second-order valence-corrected chi connectivity index (χ2v) is 11.0. The second-order valence-electron chi connectivity index (χ2n) is 11.0. The molecule has 2 aromatic rings. The number of aromatic amines is 1. The van der Waals surface area contributed by atoms with Gasteiger partial charge in [0.05, 0.1) is 23.4 Å². The lowest BCUT2D eigenvalue weighted by atomic mass is 9.63. The maximum Gasteiger partial charge on any atom is 0.407 e. The summed E-state index contributed by atoms with van der Waals surface area (Å²) in [6.07, 6.45) is 7.36. The van der Waals surface area contributed by atoms with Gasteiger partial charge in [-0.1, -0.05) is 6.42 Å². The number of aromatic nitrogens is 2. The highest BCUT2D eigenvalue weighted by molar-refractivity contribution is 5.95. The summed E-state index contributed by atoms with van der Waals surface area (Å²) in [5, 5.41) is 13.5. The number of H-pyrrole nitrogens is 1. The fraction of sp³-hybridized carbons (Fsp3) is 0.600. The third kappa shape index (κ3) is 4.17. The standard InChI is InChI=1S/C25H32N6O3/c1-24(2,3)34-23(33)28-16-14-31(15-16)20-11-17-19(13-27-20)29-22(32)18(12-26)21(17)30-9-7-25(8-10-30)5-4-6-25/h11,13,16H,4-10,14-15H2,1-3H3,(H,28,33)(H,29,32). The lowest BCUT2D eigenvalue weighted by Gasteiger charge is -2.48. The van der Waals surface area contributed by atoms with Gasteiger partial charge >= 0.3 is 6.09 Å². The molecule has 1 amide bonds. The first-order valence-corrected chi connectivity index (χ1v) is 12.1. The minimum absolute atomic E-state index is 0.0159. The molecule has 2 saturated heterocycles. The normalized spacial score (nSPS) is 19.9. The zero-order valence-electron chi connectivity index (χ0n) is 20.1. The van der Waals surface area contributed by atoms with Crippen LogP contribution in [0.1, 0.15) is 58.4 Å². The Morgan fingerprint density at radius 1 is 1.24 bits per heavy atom. The van der Waals surface area contributed by atoms with Crippen molar-refractivity contribution in [2.24, 2.45) is 5.41 Å². The van der Waals surface area contributed by atoms with Gasteiger partial charge < -0.3 is 24.8 Å². The lowest BCUT2D eigenvalue weighted by molar-refractivity contribution is 0.0496. The van der Waals surface area contributed by atoms with Gasteiger partial charge in [0.25, 0.3) is 5.56 Å². The maximum atomic E-state index is 12.7. The average molecular weight is 465 g/mol. The molecule has 1 spiro atoms. The molecule has 3 aliphatic rings. The van der Waals surface area contributed by atoms with Crippen LogP contribution in [-0.2, 0) is 4.74 Å². The molecule has 34 heavy (non-hydrogen) atoms. The monoisotopic (exact) mass is 464 g/mol. The molecule has 0 atom stereocenters. The van der Waals surface area contributed by atoms with Gasteiger partial charge in [-0.2, -0.15) is 5.26 Å². The fourth-order valence-corrected chi connectivity index (χ4v) is 5.38. The van der Waals surface area contributed by atoms with Gasteiger partial charge in [-0.3, -0.25) is 4.79 Å². The predicted molar refractivity (Wildman–Crippen MR) is 130 cm³/mol. The molecule has 0 bridgehead atoms. The third-order valence-corrected chi connectivity index (χ3v) is 7.45. The van der Waals surface area contributed by atoms with E-state index in [0.29, 0.717) is 24.0 Å². The van der Waals surface area contributed by atoms with E-state index in [2.05, 4.69) is 31.2 Å². The largest absolute Gasteiger partial charge is 0.444 e. The Morgan fingerprint density at radius 2 is 1.94 bits per heavy atom. The molecule has 4 heterocycles. The van der Waals surface area contributed by atoms with Crippen LogP contribution in [0, 0.1) is 16.7 Å². The SMILES string of the molecule is CC(C)(C)OC(=O)NC1CN(c2cc3c(N4CCC5(CCC5)CC4)c(C#N)c(=O)[nH]c3cn2)C1. The quantitative estimate of drug-likeness (QED) is 0.716. The average Bonchev–Trinajstić information content (AvgIpc) is 2.72. The van der Waals surface area contributed by atoms with Gasteiger partial charge in [0, 0.05) is 31.6 Å². The van der Waals surface area contributed by atoms with Gasteiger partial charge in [0.15, 0.2) is 0 Å². The van der Waals surface area contributed by atoms with E-state index in [9.17, 15) is 14.9 Å². The molecule has 0 aromatic carbocycles. The number of carbonyl (C=O) groups excluding carboxylic acids is 1. The molecular weight excluding hydrogens is 432 g/mol. The Kier molecular flexibility index (Phi) is 5.42. The molecule has 2 aromatic heterocycles. The summed E-state index contributed by atoms with van der Waals surface area (Å²) in [5.41, 5.74) is 1.10. The Morgan fingerprint density at radius 3 is 2.53 bits per heavy atom. The number of ether oxygens (including phenoxy) is 1. The number of hydrogen-bond donors (Lipinski definition) is 2. The van der Waals surface area contributed by atoms with Crippen molar-refractivity contribution >= 4 is 28.5 Å². The van der Waals surface area contributed by atoms with Crippen molar-refractivity contribution < 1.29 is 9.53 Å². The third-order valence-electron chi connectivity index (χ3n) is 7.45. The number of piperidine rings is 1. The summed E-state index contributed by atoms with van der Waals surface area (Å²) in [5.74, 6) is 0.763. The zero-order valence-corrected chi connectivity index (χ0v) is 20.1. The first-order valence-electron chi connectivity index (χ1n) is 12.1. The maximum absolute atomic E-state index is 12.7. The minimum atomic E-state index is -0.536. The van der Waals surface area contributed by atoms with Crippen molar-refractivity contribution in [3.8, 4) is 6.07 Å². The molecule has 9 nitrogen and oxygen atoms in total. The summed E-state index contributed by atoms with van der Waals surface area (Å²) in [4.78, 5) is 36.3. The van der Waals surface area contributed by atoms with Crippen LogP contribution in [0.5, 0.6) is 0 Å². The van der Waals surface area contributed by atoms with E-state index in [1.54, 1.807) is 6.20 Å². The number of carbonyl (C=O) groups is 1. The van der Waals surface area contributed by atoms with E-state index in [1.807, 2.05) is 26.8 Å². The van der Waals surface area contributed by atoms with Crippen LogP contribution in [0.25, 0.3) is 10.9 Å². The highest BCUT2D eigenvalue weighted by atomic mass is 16.6. The number of pyridine rings is 2. The fourth-order valence-electron chi connectivity index (χ4n) is 5.38. The molecule has 2 N–H and O–H groups in total. The van der Waals surface area contributed by atoms with E-state index >= 15 is 0 Å². The van der Waals surface area contributed by atoms with Crippen LogP contribution in [-0.4, -0.2) is 53.9 Å². The van der Waals surface area contributed by atoms with Crippen molar-refractivity contribution in [3.05, 3.63) is 28.2 Å². The van der Waals surface area contributed by atoms with Gasteiger partial charge in [0.1, 0.15) is 23.1 Å². The lowest BCUT2D eigenvalue weighted by Crippen LogP contribution is -2.60. The number of nitrogens with one attached hydrogen (secondary N) is 2. The summed E-state index contributed by atoms with van der Waals surface area (Å²) in [7, 11) is 0. The van der Waals surface area contributed by atoms with E-state index in [0.717, 1.165) is 42.8 Å². The van der Waals surface area contributed by atoms with Gasteiger partial charge in [-0.05, 0) is 57.9 Å². The molecular formula is C25H32N6O3. The van der Waals surface area contributed by atoms with Gasteiger partial charge in [-0.25, -0.2) is 9.78 Å². The summed E-state index contributed by atoms with van der Waals surface area (Å²) < 4.78 is 5.34. The highest BCUT2D eigenvalue weighted by Gasteiger charge is 2.40. The van der Waals surface area contributed by atoms with Crippen LogP contribution < -0.4 is 20.7 Å². The Labute approximate surface area is 199 Å². The number of nitrogens with zero attached hydrogens (tertiary/aromatic N) is 4. The van der Waals surface area contributed by atoms with Crippen molar-refractivity contribution in [1.82, 2.24) is 15.3 Å². The molecule has 0 radical (unpaired) electrons. The number of nitriles is 1. The summed E-state index contributed by atoms with van der Waals surface area (Å²) in [6.45, 7) is 8.47. The molecule has 1 aliphatic carbocycles. The van der Waals surface area contributed by atoms with Crippen molar-refractivity contribution in [1.29, 1.82) is 5.26 Å². The molecule has 180 valence electrons. The van der Waals surface area contributed by atoms with Gasteiger partial charge in [0.2, 0.25) is 0 Å². The number of alkyl carbamates (subject to hydrolysis) is 1. The van der Waals surface area contributed by atoms with Gasteiger partial charge in [-0.15, -0.1) is 0 Å². The first kappa shape index (κ1) is 22.5. The number of hydrogen-bond acceptors (Lipinski definition) is 7. The van der Waals surface area contributed by atoms with Crippen molar-refractivity contribution in [2.45, 2.75) is 64.5 Å². The van der Waals surface area contributed by atoms with Crippen LogP contribution in [0.2, 0.25) is 0 Å². The minimum Gasteiger partial charge on any atom is -0.444 e. The van der Waals surface area contributed by atoms with Crippen LogP contribution >= 0.6 is 0 Å². The smallest absolute Gasteiger partial charge is 0.407 e. The van der Waals surface area contributed by atoms with E-state index in [-0.39, 0.29) is 17.2 Å². The number of anilines is 2. The molecule has 5 rings (SSSR count). The molecule has 3 fully saturated rings. The summed E-state index contributed by atoms with van der Waals surface area (Å²) in [6, 6.07) is 4.09. The van der Waals surface area contributed by atoms with Crippen LogP contribution in [0.4, 0.5) is 16.3 Å². The number of rotatable bonds is 3. The van der Waals surface area contributed by atoms with Crippen molar-refractivity contribution in [2.75, 3.05) is 36.0 Å². The molecule has 9 heteroatoms. The van der Waals surface area contributed by atoms with E-state index in [4.69, 9.17) is 4.74 Å². The molecule has 2 aliphatic heterocycles. The highest BCUT2D eigenvalue weighted by Crippen LogP contribution is 2.49. The Hall–Kier alpha value is -3.28. The molecule has 0 unspecified atom stereocenters. The second kappa shape index (κ2) is 8.19. The van der Waals surface area contributed by atoms with E-state index < -0.39 is 11.7 Å². The Bertz CT molecular complexity index is 1200. The van der Waals surface area contributed by atoms with Crippen LogP contribution in [0.15, 0.2) is 17.1 Å². The predicted octanol–water partition coefficient (Wildman–Crippen LogP) is 3.28.